The number of ether oxygens (including phenoxy) is 1. The zero-order valence-corrected chi connectivity index (χ0v) is 12.7. The zero-order chi connectivity index (χ0) is 14.8. The second kappa shape index (κ2) is 5.80. The molecular weight excluding hydrogens is 302 g/mol. The molecule has 0 bridgehead atoms. The average molecular weight is 319 g/mol. The first-order chi connectivity index (χ1) is 9.29. The molecular formula is C12H17NO5S2. The standard InChI is InChI=1S/C12H17NO5S2/c1-19(14,15)11-5-2-6-12(8-11)20(16,17)13-9-10-4-3-7-18-10/h2,5-6,8,10,13H,3-4,7,9H2,1H3. The van der Waals surface area contributed by atoms with Gasteiger partial charge in [0.2, 0.25) is 10.0 Å². The van der Waals surface area contributed by atoms with Gasteiger partial charge in [-0.05, 0) is 31.0 Å². The second-order valence-corrected chi connectivity index (χ2v) is 8.52. The molecule has 1 unspecified atom stereocenters. The van der Waals surface area contributed by atoms with Crippen LogP contribution >= 0.6 is 0 Å². The smallest absolute Gasteiger partial charge is 0.240 e. The molecule has 6 nitrogen and oxygen atoms in total. The predicted molar refractivity (Wildman–Crippen MR) is 73.7 cm³/mol. The van der Waals surface area contributed by atoms with E-state index >= 15 is 0 Å². The molecule has 20 heavy (non-hydrogen) atoms. The quantitative estimate of drug-likeness (QED) is 0.856. The van der Waals surface area contributed by atoms with Gasteiger partial charge in [-0.15, -0.1) is 0 Å². The maximum Gasteiger partial charge on any atom is 0.240 e. The van der Waals surface area contributed by atoms with Crippen molar-refractivity contribution in [1.82, 2.24) is 4.72 Å². The van der Waals surface area contributed by atoms with Crippen molar-refractivity contribution in [2.45, 2.75) is 28.7 Å². The third-order valence-corrected chi connectivity index (χ3v) is 5.60. The molecule has 1 aliphatic heterocycles. The lowest BCUT2D eigenvalue weighted by atomic mass is 10.2. The Hall–Kier alpha value is -0.960. The molecule has 0 spiro atoms. The summed E-state index contributed by atoms with van der Waals surface area (Å²) in [6.07, 6.45) is 2.68. The minimum absolute atomic E-state index is 0.0162. The van der Waals surface area contributed by atoms with Gasteiger partial charge in [0.25, 0.3) is 0 Å². The third-order valence-electron chi connectivity index (χ3n) is 3.07. The third kappa shape index (κ3) is 3.78. The molecule has 0 amide bonds. The van der Waals surface area contributed by atoms with Crippen molar-refractivity contribution in [1.29, 1.82) is 0 Å². The summed E-state index contributed by atoms with van der Waals surface area (Å²) < 4.78 is 54.9. The SMILES string of the molecule is CS(=O)(=O)c1cccc(S(=O)(=O)NCC2CCCO2)c1. The van der Waals surface area contributed by atoms with E-state index in [4.69, 9.17) is 4.74 Å². The summed E-state index contributed by atoms with van der Waals surface area (Å²) in [6.45, 7) is 0.849. The highest BCUT2D eigenvalue weighted by Crippen LogP contribution is 2.16. The molecule has 0 aromatic heterocycles. The van der Waals surface area contributed by atoms with E-state index in [1.165, 1.54) is 18.2 Å². The van der Waals surface area contributed by atoms with Gasteiger partial charge in [0, 0.05) is 19.4 Å². The van der Waals surface area contributed by atoms with E-state index in [0.717, 1.165) is 25.2 Å². The fraction of sp³-hybridized carbons (Fsp3) is 0.500. The van der Waals surface area contributed by atoms with Crippen LogP contribution in [0.5, 0.6) is 0 Å². The fourth-order valence-electron chi connectivity index (χ4n) is 1.96. The van der Waals surface area contributed by atoms with Crippen LogP contribution in [0.15, 0.2) is 34.1 Å². The van der Waals surface area contributed by atoms with Crippen LogP contribution in [0.4, 0.5) is 0 Å². The number of sulfonamides is 1. The molecule has 1 aromatic carbocycles. The molecule has 112 valence electrons. The molecule has 2 rings (SSSR count). The molecule has 1 aliphatic rings. The second-order valence-electron chi connectivity index (χ2n) is 4.73. The van der Waals surface area contributed by atoms with Crippen LogP contribution in [0.25, 0.3) is 0 Å². The summed E-state index contributed by atoms with van der Waals surface area (Å²) in [5.74, 6) is 0. The van der Waals surface area contributed by atoms with E-state index < -0.39 is 19.9 Å². The molecule has 1 saturated heterocycles. The highest BCUT2D eigenvalue weighted by molar-refractivity contribution is 7.91. The van der Waals surface area contributed by atoms with E-state index in [2.05, 4.69) is 4.72 Å². The molecule has 0 saturated carbocycles. The summed E-state index contributed by atoms with van der Waals surface area (Å²) in [5, 5.41) is 0. The normalized spacial score (nSPS) is 20.1. The van der Waals surface area contributed by atoms with Gasteiger partial charge >= 0.3 is 0 Å². The highest BCUT2D eigenvalue weighted by atomic mass is 32.2. The van der Waals surface area contributed by atoms with E-state index in [9.17, 15) is 16.8 Å². The summed E-state index contributed by atoms with van der Waals surface area (Å²) in [6, 6.07) is 5.31. The van der Waals surface area contributed by atoms with Gasteiger partial charge < -0.3 is 4.74 Å². The predicted octanol–water partition coefficient (Wildman–Crippen LogP) is 0.547. The van der Waals surface area contributed by atoms with Crippen molar-refractivity contribution in [3.05, 3.63) is 24.3 Å². The lowest BCUT2D eigenvalue weighted by molar-refractivity contribution is 0.114. The number of rotatable bonds is 5. The summed E-state index contributed by atoms with van der Waals surface area (Å²) >= 11 is 0. The van der Waals surface area contributed by atoms with Gasteiger partial charge in [0.05, 0.1) is 15.9 Å². The maximum absolute atomic E-state index is 12.1. The van der Waals surface area contributed by atoms with Crippen molar-refractivity contribution in [3.63, 3.8) is 0 Å². The lowest BCUT2D eigenvalue weighted by Crippen LogP contribution is -2.31. The summed E-state index contributed by atoms with van der Waals surface area (Å²) in [4.78, 5) is -0.0732. The van der Waals surface area contributed by atoms with Crippen molar-refractivity contribution in [2.24, 2.45) is 0 Å². The monoisotopic (exact) mass is 319 g/mol. The Morgan fingerprint density at radius 1 is 1.25 bits per heavy atom. The number of hydrogen-bond donors (Lipinski definition) is 1. The van der Waals surface area contributed by atoms with Crippen LogP contribution in [0, 0.1) is 0 Å². The van der Waals surface area contributed by atoms with Gasteiger partial charge in [-0.25, -0.2) is 21.6 Å². The molecule has 1 heterocycles. The highest BCUT2D eigenvalue weighted by Gasteiger charge is 2.21. The molecule has 1 atom stereocenters. The van der Waals surface area contributed by atoms with Gasteiger partial charge in [-0.2, -0.15) is 0 Å². The van der Waals surface area contributed by atoms with Crippen LogP contribution in [-0.2, 0) is 24.6 Å². The number of nitrogens with one attached hydrogen (secondary N) is 1. The van der Waals surface area contributed by atoms with Gasteiger partial charge in [-0.3, -0.25) is 0 Å². The summed E-state index contributed by atoms with van der Waals surface area (Å²) in [7, 11) is -7.16. The van der Waals surface area contributed by atoms with E-state index in [0.29, 0.717) is 6.61 Å². The first-order valence-electron chi connectivity index (χ1n) is 6.20. The van der Waals surface area contributed by atoms with Crippen LogP contribution in [0.1, 0.15) is 12.8 Å². The van der Waals surface area contributed by atoms with Crippen molar-refractivity contribution < 1.29 is 21.6 Å². The first-order valence-corrected chi connectivity index (χ1v) is 9.58. The van der Waals surface area contributed by atoms with E-state index in [1.54, 1.807) is 0 Å². The lowest BCUT2D eigenvalue weighted by Gasteiger charge is -2.11. The van der Waals surface area contributed by atoms with Crippen molar-refractivity contribution >= 4 is 19.9 Å². The Labute approximate surface area is 119 Å². The van der Waals surface area contributed by atoms with Crippen LogP contribution < -0.4 is 4.72 Å². The largest absolute Gasteiger partial charge is 0.377 e. The Kier molecular flexibility index (Phi) is 4.48. The van der Waals surface area contributed by atoms with E-state index in [-0.39, 0.29) is 22.4 Å². The van der Waals surface area contributed by atoms with Gasteiger partial charge in [0.1, 0.15) is 0 Å². The maximum atomic E-state index is 12.1. The molecule has 0 radical (unpaired) electrons. The number of sulfone groups is 1. The minimum atomic E-state index is -3.72. The average Bonchev–Trinajstić information content (AvgIpc) is 2.89. The van der Waals surface area contributed by atoms with Crippen LogP contribution in [0.3, 0.4) is 0 Å². The molecule has 1 fully saturated rings. The first kappa shape index (κ1) is 15.4. The zero-order valence-electron chi connectivity index (χ0n) is 11.1. The number of benzene rings is 1. The van der Waals surface area contributed by atoms with Crippen LogP contribution in [-0.4, -0.2) is 42.3 Å². The molecule has 8 heteroatoms. The van der Waals surface area contributed by atoms with Crippen LogP contribution in [0.2, 0.25) is 0 Å². The fourth-order valence-corrected chi connectivity index (χ4v) is 3.82. The Bertz CT molecular complexity index is 676. The van der Waals surface area contributed by atoms with Crippen molar-refractivity contribution in [3.8, 4) is 0 Å². The minimum Gasteiger partial charge on any atom is -0.377 e. The Morgan fingerprint density at radius 2 is 1.95 bits per heavy atom. The molecule has 0 aliphatic carbocycles. The Balaban J connectivity index is 2.16. The topological polar surface area (TPSA) is 89.5 Å². The molecule has 1 aromatic rings. The van der Waals surface area contributed by atoms with E-state index in [1.807, 2.05) is 0 Å². The van der Waals surface area contributed by atoms with Gasteiger partial charge in [0.15, 0.2) is 9.84 Å². The Morgan fingerprint density at radius 3 is 2.55 bits per heavy atom. The van der Waals surface area contributed by atoms with Crippen molar-refractivity contribution in [2.75, 3.05) is 19.4 Å². The van der Waals surface area contributed by atoms with Gasteiger partial charge in [-0.1, -0.05) is 6.07 Å². The summed E-state index contributed by atoms with van der Waals surface area (Å²) in [5.41, 5.74) is 0. The number of hydrogen-bond acceptors (Lipinski definition) is 5. The molecule has 1 N–H and O–H groups in total.